The maximum absolute atomic E-state index is 12.2. The molecule has 2 fully saturated rings. The Balaban J connectivity index is 1.75. The number of likely N-dealkylation sites (tertiary alicyclic amines) is 1. The third-order valence-electron chi connectivity index (χ3n) is 4.71. The quantitative estimate of drug-likeness (QED) is 0.789. The second kappa shape index (κ2) is 7.07. The van der Waals surface area contributed by atoms with Crippen molar-refractivity contribution in [3.8, 4) is 0 Å². The van der Waals surface area contributed by atoms with Gasteiger partial charge in [-0.1, -0.05) is 6.92 Å². The van der Waals surface area contributed by atoms with E-state index in [9.17, 15) is 13.2 Å². The van der Waals surface area contributed by atoms with Crippen molar-refractivity contribution in [2.24, 2.45) is 5.92 Å². The first kappa shape index (κ1) is 16.7. The molecular weight excluding hydrogens is 290 g/mol. The predicted molar refractivity (Wildman–Crippen MR) is 82.4 cm³/mol. The molecule has 122 valence electrons. The number of nitrogens with one attached hydrogen (secondary N) is 1. The zero-order chi connectivity index (χ0) is 15.5. The minimum Gasteiger partial charge on any atom is -0.354 e. The average Bonchev–Trinajstić information content (AvgIpc) is 2.91. The molecule has 0 saturated carbocycles. The van der Waals surface area contributed by atoms with Crippen molar-refractivity contribution in [3.05, 3.63) is 0 Å². The second-order valence-electron chi connectivity index (χ2n) is 6.11. The molecule has 2 rings (SSSR count). The van der Waals surface area contributed by atoms with Crippen LogP contribution in [-0.4, -0.2) is 68.6 Å². The van der Waals surface area contributed by atoms with Crippen LogP contribution in [0, 0.1) is 5.92 Å². The van der Waals surface area contributed by atoms with Crippen molar-refractivity contribution in [1.82, 2.24) is 14.5 Å². The third kappa shape index (κ3) is 4.40. The molecule has 2 aliphatic rings. The van der Waals surface area contributed by atoms with Crippen LogP contribution < -0.4 is 5.32 Å². The molecule has 1 amide bonds. The van der Waals surface area contributed by atoms with Crippen molar-refractivity contribution in [2.45, 2.75) is 38.6 Å². The molecule has 0 radical (unpaired) electrons. The van der Waals surface area contributed by atoms with Crippen LogP contribution in [0.3, 0.4) is 0 Å². The van der Waals surface area contributed by atoms with Crippen molar-refractivity contribution < 1.29 is 13.2 Å². The molecular formula is C14H27N3O3S. The van der Waals surface area contributed by atoms with Gasteiger partial charge in [-0.25, -0.2) is 12.7 Å². The highest BCUT2D eigenvalue weighted by molar-refractivity contribution is 7.88. The van der Waals surface area contributed by atoms with Crippen LogP contribution in [0.2, 0.25) is 0 Å². The molecule has 2 aliphatic heterocycles. The Hall–Kier alpha value is -0.660. The van der Waals surface area contributed by atoms with E-state index in [0.717, 1.165) is 26.1 Å². The smallest absolute Gasteiger partial charge is 0.223 e. The lowest BCUT2D eigenvalue weighted by molar-refractivity contribution is -0.126. The van der Waals surface area contributed by atoms with E-state index in [0.29, 0.717) is 32.0 Å². The Morgan fingerprint density at radius 3 is 2.43 bits per heavy atom. The van der Waals surface area contributed by atoms with E-state index in [1.54, 1.807) is 0 Å². The lowest BCUT2D eigenvalue weighted by atomic mass is 9.97. The zero-order valence-electron chi connectivity index (χ0n) is 13.0. The summed E-state index contributed by atoms with van der Waals surface area (Å²) in [6.45, 7) is 5.96. The number of rotatable bonds is 5. The first-order chi connectivity index (χ1) is 9.91. The number of piperidine rings is 1. The lowest BCUT2D eigenvalue weighted by Crippen LogP contribution is -2.45. The fourth-order valence-electron chi connectivity index (χ4n) is 3.35. The van der Waals surface area contributed by atoms with Crippen molar-refractivity contribution in [2.75, 3.05) is 39.0 Å². The van der Waals surface area contributed by atoms with E-state index < -0.39 is 10.0 Å². The summed E-state index contributed by atoms with van der Waals surface area (Å²) in [5.41, 5.74) is 0. The first-order valence-corrected chi connectivity index (χ1v) is 9.73. The number of hydrogen-bond acceptors (Lipinski definition) is 4. The molecule has 1 atom stereocenters. The van der Waals surface area contributed by atoms with E-state index in [4.69, 9.17) is 0 Å². The van der Waals surface area contributed by atoms with Crippen LogP contribution in [0.5, 0.6) is 0 Å². The molecule has 2 saturated heterocycles. The number of nitrogens with zero attached hydrogens (tertiary/aromatic N) is 2. The summed E-state index contributed by atoms with van der Waals surface area (Å²) in [4.78, 5) is 14.6. The van der Waals surface area contributed by atoms with E-state index >= 15 is 0 Å². The molecule has 0 spiro atoms. The third-order valence-corrected chi connectivity index (χ3v) is 6.01. The van der Waals surface area contributed by atoms with Crippen molar-refractivity contribution in [3.63, 3.8) is 0 Å². The topological polar surface area (TPSA) is 69.7 Å². The number of hydrogen-bond donors (Lipinski definition) is 1. The number of likely N-dealkylation sites (N-methyl/N-ethyl adjacent to an activating group) is 1. The van der Waals surface area contributed by atoms with Crippen molar-refractivity contribution in [1.29, 1.82) is 0 Å². The normalized spacial score (nSPS) is 26.1. The molecule has 0 aromatic carbocycles. The molecule has 2 heterocycles. The highest BCUT2D eigenvalue weighted by Crippen LogP contribution is 2.20. The number of amides is 1. The molecule has 1 unspecified atom stereocenters. The predicted octanol–water partition coefficient (Wildman–Crippen LogP) is 0.259. The van der Waals surface area contributed by atoms with Gasteiger partial charge in [-0.3, -0.25) is 9.69 Å². The van der Waals surface area contributed by atoms with Gasteiger partial charge >= 0.3 is 0 Å². The Morgan fingerprint density at radius 1 is 1.19 bits per heavy atom. The SMILES string of the molecule is CCN1CCCC1CNC(=O)C1CCN(S(C)(=O)=O)CC1. The van der Waals surface area contributed by atoms with Crippen LogP contribution in [0.25, 0.3) is 0 Å². The molecule has 6 nitrogen and oxygen atoms in total. The van der Waals surface area contributed by atoms with Gasteiger partial charge in [-0.2, -0.15) is 0 Å². The van der Waals surface area contributed by atoms with Gasteiger partial charge in [0, 0.05) is 31.6 Å². The van der Waals surface area contributed by atoms with E-state index in [1.165, 1.54) is 17.0 Å². The summed E-state index contributed by atoms with van der Waals surface area (Å²) in [6.07, 6.45) is 4.84. The monoisotopic (exact) mass is 317 g/mol. The second-order valence-corrected chi connectivity index (χ2v) is 8.09. The minimum atomic E-state index is -3.12. The summed E-state index contributed by atoms with van der Waals surface area (Å²) < 4.78 is 24.4. The van der Waals surface area contributed by atoms with Crippen molar-refractivity contribution >= 4 is 15.9 Å². The largest absolute Gasteiger partial charge is 0.354 e. The summed E-state index contributed by atoms with van der Waals surface area (Å²) in [6, 6.07) is 0.468. The molecule has 0 aromatic heterocycles. The van der Waals surface area contributed by atoms with Crippen LogP contribution in [0.15, 0.2) is 0 Å². The average molecular weight is 317 g/mol. The van der Waals surface area contributed by atoms with Gasteiger partial charge in [0.05, 0.1) is 6.26 Å². The fraction of sp³-hybridized carbons (Fsp3) is 0.929. The van der Waals surface area contributed by atoms with Gasteiger partial charge in [-0.15, -0.1) is 0 Å². The summed E-state index contributed by atoms with van der Waals surface area (Å²) in [7, 11) is -3.12. The van der Waals surface area contributed by atoms with Gasteiger partial charge in [0.25, 0.3) is 0 Å². The summed E-state index contributed by atoms with van der Waals surface area (Å²) >= 11 is 0. The highest BCUT2D eigenvalue weighted by Gasteiger charge is 2.30. The molecule has 7 heteroatoms. The maximum Gasteiger partial charge on any atom is 0.223 e. The Bertz CT molecular complexity index is 458. The number of carbonyl (C=O) groups excluding carboxylic acids is 1. The van der Waals surface area contributed by atoms with Gasteiger partial charge < -0.3 is 5.32 Å². The van der Waals surface area contributed by atoms with Gasteiger partial charge in [-0.05, 0) is 38.8 Å². The first-order valence-electron chi connectivity index (χ1n) is 7.88. The number of sulfonamides is 1. The van der Waals surface area contributed by atoms with Crippen LogP contribution >= 0.6 is 0 Å². The summed E-state index contributed by atoms with van der Waals surface area (Å²) in [5, 5.41) is 3.06. The van der Waals surface area contributed by atoms with Gasteiger partial charge in [0.1, 0.15) is 0 Å². The minimum absolute atomic E-state index is 0.0421. The molecule has 21 heavy (non-hydrogen) atoms. The Morgan fingerprint density at radius 2 is 1.86 bits per heavy atom. The maximum atomic E-state index is 12.2. The van der Waals surface area contributed by atoms with Crippen LogP contribution in [-0.2, 0) is 14.8 Å². The molecule has 0 aliphatic carbocycles. The van der Waals surface area contributed by atoms with Crippen LogP contribution in [0.4, 0.5) is 0 Å². The molecule has 1 N–H and O–H groups in total. The van der Waals surface area contributed by atoms with E-state index in [-0.39, 0.29) is 11.8 Å². The Kier molecular flexibility index (Phi) is 5.62. The van der Waals surface area contributed by atoms with E-state index in [1.807, 2.05) is 0 Å². The lowest BCUT2D eigenvalue weighted by Gasteiger charge is -2.30. The highest BCUT2D eigenvalue weighted by atomic mass is 32.2. The van der Waals surface area contributed by atoms with Gasteiger partial charge in [0.15, 0.2) is 0 Å². The number of carbonyl (C=O) groups is 1. The Labute approximate surface area is 127 Å². The zero-order valence-corrected chi connectivity index (χ0v) is 13.9. The molecule has 0 bridgehead atoms. The van der Waals surface area contributed by atoms with E-state index in [2.05, 4.69) is 17.1 Å². The fourth-order valence-corrected chi connectivity index (χ4v) is 4.23. The van der Waals surface area contributed by atoms with Crippen LogP contribution in [0.1, 0.15) is 32.6 Å². The van der Waals surface area contributed by atoms with Gasteiger partial charge in [0.2, 0.25) is 15.9 Å². The molecule has 0 aromatic rings. The summed E-state index contributed by atoms with van der Waals surface area (Å²) in [5.74, 6) is 0.0468. The standard InChI is InChI=1S/C14H27N3O3S/c1-3-16-8-4-5-13(16)11-15-14(18)12-6-9-17(10-7-12)21(2,19)20/h12-13H,3-11H2,1-2H3,(H,15,18).